The fourth-order valence-electron chi connectivity index (χ4n) is 3.67. The molecule has 1 fully saturated rings. The number of fused-ring (bicyclic) bond motifs is 1. The number of aliphatic hydroxyl groups is 1. The summed E-state index contributed by atoms with van der Waals surface area (Å²) in [5.74, 6) is 0.249. The summed E-state index contributed by atoms with van der Waals surface area (Å²) in [6, 6.07) is 5.23. The molecule has 1 aromatic heterocycles. The smallest absolute Gasteiger partial charge is 0.302 e. The zero-order valence-corrected chi connectivity index (χ0v) is 19.2. The number of ether oxygens (including phenoxy) is 1. The Balaban J connectivity index is 0.00000324. The van der Waals surface area contributed by atoms with E-state index in [9.17, 15) is 14.7 Å². The molecule has 1 unspecified atom stereocenters. The molecule has 0 saturated carbocycles. The number of anilines is 4. The Morgan fingerprint density at radius 3 is 3.00 bits per heavy atom. The number of primary amides is 1. The van der Waals surface area contributed by atoms with Crippen LogP contribution in [0.25, 0.3) is 4.85 Å². The normalized spacial score (nSPS) is 18.8. The van der Waals surface area contributed by atoms with Gasteiger partial charge in [-0.3, -0.25) is 9.59 Å². The number of nitrogens with one attached hydrogen (secondary N) is 3. The standard InChI is InChI=1S/C21H24N8O4.H2S/c1-23-9-18(31)29-5-4-13(10-29)26-20-15(19(22)32)8-25-21(28-20)27-12-2-3-17-16(6-12)24-7-14(30)11-33-17;/h2-3,6,8,13-14,24,30H,4-5,7,9-11H2,(H2,22,32)(H2,25,26,27,28);1H2/t13?,14-;/m0./s1. The summed E-state index contributed by atoms with van der Waals surface area (Å²) < 4.78 is 5.57. The molecule has 12 nitrogen and oxygen atoms in total. The Labute approximate surface area is 203 Å². The molecule has 2 atom stereocenters. The predicted octanol–water partition coefficient (Wildman–Crippen LogP) is 0.529. The van der Waals surface area contributed by atoms with Crippen LogP contribution in [0.2, 0.25) is 0 Å². The van der Waals surface area contributed by atoms with Crippen molar-refractivity contribution < 1.29 is 19.4 Å². The van der Waals surface area contributed by atoms with Crippen LogP contribution in [-0.2, 0) is 4.79 Å². The van der Waals surface area contributed by atoms with E-state index in [2.05, 4.69) is 30.8 Å². The number of benzene rings is 1. The van der Waals surface area contributed by atoms with Gasteiger partial charge < -0.3 is 41.3 Å². The number of nitrogens with zero attached hydrogens (tertiary/aromatic N) is 4. The van der Waals surface area contributed by atoms with Crippen molar-refractivity contribution in [2.24, 2.45) is 5.73 Å². The van der Waals surface area contributed by atoms with Gasteiger partial charge in [-0.15, -0.1) is 0 Å². The Morgan fingerprint density at radius 1 is 1.41 bits per heavy atom. The van der Waals surface area contributed by atoms with Gasteiger partial charge in [-0.25, -0.2) is 11.6 Å². The molecular formula is C21H26N8O4S. The SMILES string of the molecule is S.[C-]#[N+]CC(=O)N1CCC(Nc2nc(Nc3ccc4c(c3)NC[C@H](O)CO4)ncc2C(N)=O)C1. The van der Waals surface area contributed by atoms with Crippen molar-refractivity contribution >= 4 is 48.5 Å². The van der Waals surface area contributed by atoms with E-state index in [1.165, 1.54) is 6.20 Å². The number of aromatic nitrogens is 2. The van der Waals surface area contributed by atoms with E-state index < -0.39 is 12.0 Å². The van der Waals surface area contributed by atoms with Crippen molar-refractivity contribution in [3.63, 3.8) is 0 Å². The molecular weight excluding hydrogens is 460 g/mol. The summed E-state index contributed by atoms with van der Waals surface area (Å²) in [4.78, 5) is 37.2. The lowest BCUT2D eigenvalue weighted by atomic mass is 10.2. The Morgan fingerprint density at radius 2 is 2.24 bits per heavy atom. The van der Waals surface area contributed by atoms with Gasteiger partial charge in [-0.05, 0) is 24.6 Å². The van der Waals surface area contributed by atoms with Crippen LogP contribution in [0.5, 0.6) is 5.75 Å². The fourth-order valence-corrected chi connectivity index (χ4v) is 3.67. The number of hydrogen-bond acceptors (Lipinski definition) is 9. The first-order chi connectivity index (χ1) is 15.9. The number of hydrogen-bond donors (Lipinski definition) is 5. The third-order valence-corrected chi connectivity index (χ3v) is 5.35. The second-order valence-corrected chi connectivity index (χ2v) is 7.79. The molecule has 2 aliphatic heterocycles. The zero-order chi connectivity index (χ0) is 23.4. The minimum Gasteiger partial charge on any atom is -0.489 e. The van der Waals surface area contributed by atoms with Crippen LogP contribution in [0.4, 0.5) is 23.1 Å². The minimum atomic E-state index is -0.673. The third kappa shape index (κ3) is 5.77. The van der Waals surface area contributed by atoms with Gasteiger partial charge in [0.1, 0.15) is 24.3 Å². The van der Waals surface area contributed by atoms with Gasteiger partial charge in [0, 0.05) is 37.6 Å². The van der Waals surface area contributed by atoms with Crippen LogP contribution in [0.3, 0.4) is 0 Å². The van der Waals surface area contributed by atoms with Crippen molar-refractivity contribution in [1.82, 2.24) is 14.9 Å². The van der Waals surface area contributed by atoms with E-state index in [1.54, 1.807) is 17.0 Å². The van der Waals surface area contributed by atoms with Gasteiger partial charge in [-0.2, -0.15) is 18.5 Å². The summed E-state index contributed by atoms with van der Waals surface area (Å²) in [6.45, 7) is 8.17. The van der Waals surface area contributed by atoms with E-state index in [0.29, 0.717) is 37.5 Å². The summed E-state index contributed by atoms with van der Waals surface area (Å²) >= 11 is 0. The summed E-state index contributed by atoms with van der Waals surface area (Å²) in [7, 11) is 0. The van der Waals surface area contributed by atoms with Crippen LogP contribution >= 0.6 is 13.5 Å². The highest BCUT2D eigenvalue weighted by atomic mass is 32.1. The lowest BCUT2D eigenvalue weighted by Gasteiger charge is -2.17. The fraction of sp³-hybridized carbons (Fsp3) is 0.381. The summed E-state index contributed by atoms with van der Waals surface area (Å²) in [6.07, 6.45) is 1.39. The first kappa shape index (κ1) is 24.9. The Bertz CT molecular complexity index is 1110. The van der Waals surface area contributed by atoms with E-state index in [-0.39, 0.29) is 55.9 Å². The van der Waals surface area contributed by atoms with Gasteiger partial charge >= 0.3 is 5.91 Å². The minimum absolute atomic E-state index is 0. The quantitative estimate of drug-likeness (QED) is 0.367. The van der Waals surface area contributed by atoms with Crippen LogP contribution in [0.15, 0.2) is 24.4 Å². The molecule has 0 bridgehead atoms. The van der Waals surface area contributed by atoms with Crippen molar-refractivity contribution in [2.75, 3.05) is 48.7 Å². The van der Waals surface area contributed by atoms with Crippen LogP contribution in [0.1, 0.15) is 16.8 Å². The van der Waals surface area contributed by atoms with Crippen molar-refractivity contribution in [1.29, 1.82) is 0 Å². The third-order valence-electron chi connectivity index (χ3n) is 5.35. The molecule has 3 heterocycles. The van der Waals surface area contributed by atoms with Gasteiger partial charge in [0.2, 0.25) is 5.95 Å². The lowest BCUT2D eigenvalue weighted by Crippen LogP contribution is -2.33. The Kier molecular flexibility index (Phi) is 7.98. The van der Waals surface area contributed by atoms with Gasteiger partial charge in [0.15, 0.2) is 0 Å². The molecule has 1 saturated heterocycles. The number of carbonyl (C=O) groups excluding carboxylic acids is 2. The predicted molar refractivity (Wildman–Crippen MR) is 131 cm³/mol. The number of aliphatic hydroxyl groups excluding tert-OH is 1. The van der Waals surface area contributed by atoms with Crippen LogP contribution < -0.4 is 26.4 Å². The molecule has 1 aromatic carbocycles. The largest absolute Gasteiger partial charge is 0.489 e. The monoisotopic (exact) mass is 486 g/mol. The van der Waals surface area contributed by atoms with Crippen LogP contribution in [-0.4, -0.2) is 76.7 Å². The lowest BCUT2D eigenvalue weighted by molar-refractivity contribution is -0.128. The molecule has 0 spiro atoms. The van der Waals surface area contributed by atoms with Gasteiger partial charge in [0.25, 0.3) is 12.5 Å². The highest BCUT2D eigenvalue weighted by Gasteiger charge is 2.28. The molecule has 34 heavy (non-hydrogen) atoms. The zero-order valence-electron chi connectivity index (χ0n) is 18.2. The van der Waals surface area contributed by atoms with E-state index >= 15 is 0 Å². The van der Waals surface area contributed by atoms with E-state index in [0.717, 1.165) is 5.69 Å². The topological polar surface area (TPSA) is 159 Å². The molecule has 6 N–H and O–H groups in total. The Hall–Kier alpha value is -3.76. The van der Waals surface area contributed by atoms with E-state index in [1.807, 2.05) is 6.07 Å². The maximum Gasteiger partial charge on any atom is 0.302 e. The molecule has 2 aliphatic rings. The second kappa shape index (κ2) is 10.9. The maximum atomic E-state index is 12.0. The average Bonchev–Trinajstić information content (AvgIpc) is 3.17. The summed E-state index contributed by atoms with van der Waals surface area (Å²) in [5.41, 5.74) is 7.02. The van der Waals surface area contributed by atoms with Crippen molar-refractivity contribution in [3.8, 4) is 5.75 Å². The first-order valence-electron chi connectivity index (χ1n) is 10.4. The van der Waals surface area contributed by atoms with E-state index in [4.69, 9.17) is 17.0 Å². The number of likely N-dealkylation sites (tertiary alicyclic amines) is 1. The second-order valence-electron chi connectivity index (χ2n) is 7.79. The molecule has 180 valence electrons. The van der Waals surface area contributed by atoms with Gasteiger partial charge in [0.05, 0.1) is 11.3 Å². The first-order valence-corrected chi connectivity index (χ1v) is 10.4. The number of carbonyl (C=O) groups is 2. The molecule has 13 heteroatoms. The van der Waals surface area contributed by atoms with Crippen LogP contribution in [0, 0.1) is 6.57 Å². The highest BCUT2D eigenvalue weighted by Crippen LogP contribution is 2.31. The molecule has 0 aliphatic carbocycles. The summed E-state index contributed by atoms with van der Waals surface area (Å²) in [5, 5.41) is 19.2. The van der Waals surface area contributed by atoms with Gasteiger partial charge in [-0.1, -0.05) is 0 Å². The van der Waals surface area contributed by atoms with Crippen molar-refractivity contribution in [2.45, 2.75) is 18.6 Å². The average molecular weight is 487 g/mol. The molecule has 4 rings (SSSR count). The molecule has 2 aromatic rings. The number of nitrogens with two attached hydrogens (primary N) is 1. The maximum absolute atomic E-state index is 12.0. The molecule has 0 radical (unpaired) electrons. The highest BCUT2D eigenvalue weighted by molar-refractivity contribution is 7.59. The number of β-amino-alcohol motifs (C(OH)–C–C–N with tert-alkyl or cyclic N) is 1. The van der Waals surface area contributed by atoms with Crippen molar-refractivity contribution in [3.05, 3.63) is 41.4 Å². The molecule has 2 amide bonds. The number of amides is 2. The number of rotatable bonds is 6.